The van der Waals surface area contributed by atoms with Gasteiger partial charge in [-0.3, -0.25) is 9.48 Å². The van der Waals surface area contributed by atoms with Crippen LogP contribution in [0.5, 0.6) is 0 Å². The molecule has 2 atom stereocenters. The molecule has 0 saturated carbocycles. The molecule has 1 aliphatic rings. The van der Waals surface area contributed by atoms with Gasteiger partial charge in [0.05, 0.1) is 37.5 Å². The molecule has 1 amide bonds. The van der Waals surface area contributed by atoms with Gasteiger partial charge in [-0.15, -0.1) is 0 Å². The van der Waals surface area contributed by atoms with Crippen molar-refractivity contribution in [3.05, 3.63) is 17.0 Å². The number of aryl methyl sites for hydroxylation is 1. The Kier molecular flexibility index (Phi) is 5.81. The number of hydrogen-bond donors (Lipinski definition) is 1. The van der Waals surface area contributed by atoms with Crippen molar-refractivity contribution in [2.45, 2.75) is 59.7 Å². The van der Waals surface area contributed by atoms with Crippen LogP contribution in [0.1, 0.15) is 37.7 Å². The topological polar surface area (TPSA) is 67.6 Å². The zero-order valence-electron chi connectivity index (χ0n) is 14.9. The average molecular weight is 323 g/mol. The predicted molar refractivity (Wildman–Crippen MR) is 88.2 cm³/mol. The number of aromatic nitrogens is 2. The van der Waals surface area contributed by atoms with E-state index in [4.69, 9.17) is 4.74 Å². The molecule has 23 heavy (non-hydrogen) atoms. The van der Waals surface area contributed by atoms with E-state index in [0.29, 0.717) is 25.5 Å². The first-order valence-electron chi connectivity index (χ1n) is 8.38. The van der Waals surface area contributed by atoms with Gasteiger partial charge < -0.3 is 14.7 Å². The van der Waals surface area contributed by atoms with E-state index in [2.05, 4.69) is 18.9 Å². The Hall–Kier alpha value is -1.40. The maximum absolute atomic E-state index is 12.7. The first-order valence-corrected chi connectivity index (χ1v) is 8.38. The molecule has 0 radical (unpaired) electrons. The predicted octanol–water partition coefficient (Wildman–Crippen LogP) is 1.31. The molecule has 0 aromatic carbocycles. The summed E-state index contributed by atoms with van der Waals surface area (Å²) in [5.74, 6) is 0.593. The molecular weight excluding hydrogens is 294 g/mol. The van der Waals surface area contributed by atoms with E-state index in [-0.39, 0.29) is 24.7 Å². The molecule has 130 valence electrons. The van der Waals surface area contributed by atoms with Crippen molar-refractivity contribution in [3.8, 4) is 0 Å². The van der Waals surface area contributed by atoms with Crippen LogP contribution in [0.2, 0.25) is 0 Å². The molecule has 1 aromatic heterocycles. The van der Waals surface area contributed by atoms with Gasteiger partial charge in [0.2, 0.25) is 5.91 Å². The molecule has 1 aromatic rings. The van der Waals surface area contributed by atoms with Gasteiger partial charge in [-0.25, -0.2) is 0 Å². The number of carbonyl (C=O) groups is 1. The third-order valence-electron chi connectivity index (χ3n) is 4.43. The SMILES string of the molecule is Cc1nn(CC(C)C)c(C)c1CC(=O)N1CC(CO)OCC1C. The lowest BCUT2D eigenvalue weighted by molar-refractivity contribution is -0.145. The number of aliphatic hydroxyl groups is 1. The van der Waals surface area contributed by atoms with E-state index in [9.17, 15) is 9.90 Å². The highest BCUT2D eigenvalue weighted by molar-refractivity contribution is 5.79. The molecule has 2 heterocycles. The number of rotatable bonds is 5. The molecule has 2 rings (SSSR count). The molecule has 1 N–H and O–H groups in total. The maximum Gasteiger partial charge on any atom is 0.227 e. The smallest absolute Gasteiger partial charge is 0.227 e. The van der Waals surface area contributed by atoms with E-state index in [1.54, 1.807) is 0 Å². The lowest BCUT2D eigenvalue weighted by Gasteiger charge is -2.37. The van der Waals surface area contributed by atoms with E-state index in [0.717, 1.165) is 23.5 Å². The fourth-order valence-corrected chi connectivity index (χ4v) is 3.04. The van der Waals surface area contributed by atoms with E-state index < -0.39 is 0 Å². The second-order valence-corrected chi connectivity index (χ2v) is 6.94. The molecule has 1 saturated heterocycles. The monoisotopic (exact) mass is 323 g/mol. The van der Waals surface area contributed by atoms with Crippen LogP contribution in [0.15, 0.2) is 0 Å². The van der Waals surface area contributed by atoms with Crippen molar-refractivity contribution in [3.63, 3.8) is 0 Å². The lowest BCUT2D eigenvalue weighted by Crippen LogP contribution is -2.52. The lowest BCUT2D eigenvalue weighted by atomic mass is 10.1. The highest BCUT2D eigenvalue weighted by Gasteiger charge is 2.30. The van der Waals surface area contributed by atoms with Crippen LogP contribution >= 0.6 is 0 Å². The second-order valence-electron chi connectivity index (χ2n) is 6.94. The summed E-state index contributed by atoms with van der Waals surface area (Å²) in [7, 11) is 0. The summed E-state index contributed by atoms with van der Waals surface area (Å²) in [5.41, 5.74) is 3.02. The van der Waals surface area contributed by atoms with Crippen molar-refractivity contribution >= 4 is 5.91 Å². The molecule has 2 unspecified atom stereocenters. The van der Waals surface area contributed by atoms with Crippen molar-refractivity contribution in [2.24, 2.45) is 5.92 Å². The van der Waals surface area contributed by atoms with Gasteiger partial charge in [-0.2, -0.15) is 5.10 Å². The molecule has 6 nitrogen and oxygen atoms in total. The molecule has 1 aliphatic heterocycles. The number of morpholine rings is 1. The van der Waals surface area contributed by atoms with E-state index >= 15 is 0 Å². The van der Waals surface area contributed by atoms with Crippen molar-refractivity contribution in [2.75, 3.05) is 19.8 Å². The fraction of sp³-hybridized carbons (Fsp3) is 0.765. The maximum atomic E-state index is 12.7. The number of ether oxygens (including phenoxy) is 1. The van der Waals surface area contributed by atoms with E-state index in [1.165, 1.54) is 0 Å². The minimum absolute atomic E-state index is 0.0385. The van der Waals surface area contributed by atoms with Crippen LogP contribution in [0, 0.1) is 19.8 Å². The Morgan fingerprint density at radius 2 is 2.13 bits per heavy atom. The van der Waals surface area contributed by atoms with Gasteiger partial charge in [0.25, 0.3) is 0 Å². The van der Waals surface area contributed by atoms with Crippen LogP contribution in [0.4, 0.5) is 0 Å². The molecule has 0 bridgehead atoms. The normalized spacial score (nSPS) is 22.0. The first kappa shape index (κ1) is 17.9. The van der Waals surface area contributed by atoms with E-state index in [1.807, 2.05) is 30.4 Å². The van der Waals surface area contributed by atoms with Gasteiger partial charge in [0.1, 0.15) is 0 Å². The summed E-state index contributed by atoms with van der Waals surface area (Å²) in [6, 6.07) is 0.0385. The molecule has 0 spiro atoms. The van der Waals surface area contributed by atoms with Gasteiger partial charge in [-0.05, 0) is 26.7 Å². The summed E-state index contributed by atoms with van der Waals surface area (Å²) in [4.78, 5) is 14.5. The van der Waals surface area contributed by atoms with Crippen LogP contribution in [-0.2, 0) is 22.5 Å². The zero-order chi connectivity index (χ0) is 17.1. The highest BCUT2D eigenvalue weighted by atomic mass is 16.5. The Bertz CT molecular complexity index is 554. The van der Waals surface area contributed by atoms with Crippen molar-refractivity contribution in [1.29, 1.82) is 0 Å². The third-order valence-corrected chi connectivity index (χ3v) is 4.43. The van der Waals surface area contributed by atoms with Crippen LogP contribution in [-0.4, -0.2) is 57.6 Å². The van der Waals surface area contributed by atoms with Gasteiger partial charge in [-0.1, -0.05) is 13.8 Å². The first-order chi connectivity index (χ1) is 10.8. The highest BCUT2D eigenvalue weighted by Crippen LogP contribution is 2.19. The summed E-state index contributed by atoms with van der Waals surface area (Å²) in [6.45, 7) is 12.0. The molecule has 6 heteroatoms. The second kappa shape index (κ2) is 7.45. The summed E-state index contributed by atoms with van der Waals surface area (Å²) in [5, 5.41) is 13.8. The number of nitrogens with zero attached hydrogens (tertiary/aromatic N) is 3. The van der Waals surface area contributed by atoms with Gasteiger partial charge in [0, 0.05) is 24.3 Å². The molecular formula is C17H29N3O3. The molecule has 1 fully saturated rings. The summed E-state index contributed by atoms with van der Waals surface area (Å²) in [6.07, 6.45) is 0.0825. The van der Waals surface area contributed by atoms with Crippen LogP contribution in [0.25, 0.3) is 0 Å². The largest absolute Gasteiger partial charge is 0.394 e. The standard InChI is InChI=1S/C17H29N3O3/c1-11(2)7-20-14(5)16(13(4)18-20)6-17(22)19-8-15(9-21)23-10-12(19)3/h11-12,15,21H,6-10H2,1-5H3. The minimum atomic E-state index is -0.277. The summed E-state index contributed by atoms with van der Waals surface area (Å²) >= 11 is 0. The Morgan fingerprint density at radius 1 is 1.43 bits per heavy atom. The Morgan fingerprint density at radius 3 is 2.74 bits per heavy atom. The number of aliphatic hydroxyl groups excluding tert-OH is 1. The number of amides is 1. The van der Waals surface area contributed by atoms with Crippen LogP contribution < -0.4 is 0 Å². The van der Waals surface area contributed by atoms with Gasteiger partial charge >= 0.3 is 0 Å². The van der Waals surface area contributed by atoms with Crippen molar-refractivity contribution in [1.82, 2.24) is 14.7 Å². The zero-order valence-corrected chi connectivity index (χ0v) is 14.9. The third kappa shape index (κ3) is 4.12. The Labute approximate surface area is 138 Å². The average Bonchev–Trinajstić information content (AvgIpc) is 2.74. The number of hydrogen-bond acceptors (Lipinski definition) is 4. The Balaban J connectivity index is 2.12. The van der Waals surface area contributed by atoms with Gasteiger partial charge in [0.15, 0.2) is 0 Å². The molecule has 0 aliphatic carbocycles. The quantitative estimate of drug-likeness (QED) is 0.887. The fourth-order valence-electron chi connectivity index (χ4n) is 3.04. The van der Waals surface area contributed by atoms with Crippen LogP contribution in [0.3, 0.4) is 0 Å². The minimum Gasteiger partial charge on any atom is -0.394 e. The summed E-state index contributed by atoms with van der Waals surface area (Å²) < 4.78 is 7.51. The van der Waals surface area contributed by atoms with Crippen molar-refractivity contribution < 1.29 is 14.6 Å². The number of carbonyl (C=O) groups excluding carboxylic acids is 1.